The summed E-state index contributed by atoms with van der Waals surface area (Å²) < 4.78 is 12.4. The molecule has 1 heteroatoms. The molecule has 0 saturated carbocycles. The Morgan fingerprint density at radius 1 is 1.25 bits per heavy atom. The zero-order valence-corrected chi connectivity index (χ0v) is 4.84. The van der Waals surface area contributed by atoms with Crippen LogP contribution in [0.1, 0.15) is 6.92 Å². The van der Waals surface area contributed by atoms with Crippen LogP contribution in [0, 0.1) is 5.92 Å². The molecule has 1 unspecified atom stereocenters. The van der Waals surface area contributed by atoms with Gasteiger partial charge in [-0.25, -0.2) is 4.39 Å². The van der Waals surface area contributed by atoms with E-state index in [0.29, 0.717) is 0 Å². The van der Waals surface area contributed by atoms with Crippen molar-refractivity contribution < 1.29 is 4.39 Å². The molecular formula is C7H9F. The van der Waals surface area contributed by atoms with Crippen LogP contribution in [0.15, 0.2) is 24.3 Å². The van der Waals surface area contributed by atoms with Gasteiger partial charge in [0.2, 0.25) is 0 Å². The van der Waals surface area contributed by atoms with Crippen molar-refractivity contribution >= 4 is 0 Å². The summed E-state index contributed by atoms with van der Waals surface area (Å²) in [7, 11) is 0. The number of allylic oxidation sites excluding steroid dienone is 4. The van der Waals surface area contributed by atoms with Crippen molar-refractivity contribution in [1.29, 1.82) is 0 Å². The lowest BCUT2D eigenvalue weighted by Crippen LogP contribution is -2.08. The maximum Gasteiger partial charge on any atom is 0.125 e. The number of hydrogen-bond acceptors (Lipinski definition) is 0. The highest BCUT2D eigenvalue weighted by Crippen LogP contribution is 2.13. The lowest BCUT2D eigenvalue weighted by Gasteiger charge is -2.09. The average Bonchev–Trinajstić information content (AvgIpc) is 1.77. The van der Waals surface area contributed by atoms with Gasteiger partial charge in [0.15, 0.2) is 0 Å². The maximum atomic E-state index is 12.4. The van der Waals surface area contributed by atoms with Gasteiger partial charge >= 0.3 is 0 Å². The van der Waals surface area contributed by atoms with Crippen molar-refractivity contribution in [3.8, 4) is 0 Å². The number of alkyl halides is 1. The molecule has 0 radical (unpaired) electrons. The molecule has 44 valence electrons. The van der Waals surface area contributed by atoms with E-state index in [4.69, 9.17) is 0 Å². The van der Waals surface area contributed by atoms with Crippen LogP contribution in [-0.4, -0.2) is 6.17 Å². The van der Waals surface area contributed by atoms with E-state index in [1.165, 1.54) is 0 Å². The first-order valence-electron chi connectivity index (χ1n) is 2.80. The fraction of sp³-hybridized carbons (Fsp3) is 0.429. The van der Waals surface area contributed by atoms with E-state index in [1.807, 2.05) is 19.1 Å². The SMILES string of the molecule is C[C@H]1C=CC=CC1F. The molecule has 0 spiro atoms. The Labute approximate surface area is 48.7 Å². The van der Waals surface area contributed by atoms with Gasteiger partial charge in [0.1, 0.15) is 6.17 Å². The molecule has 0 aromatic carbocycles. The molecule has 0 aliphatic heterocycles. The molecule has 0 nitrogen and oxygen atoms in total. The highest BCUT2D eigenvalue weighted by molar-refractivity contribution is 5.14. The third kappa shape index (κ3) is 0.971. The zero-order chi connectivity index (χ0) is 5.98. The van der Waals surface area contributed by atoms with Crippen LogP contribution in [0.25, 0.3) is 0 Å². The topological polar surface area (TPSA) is 0 Å². The summed E-state index contributed by atoms with van der Waals surface area (Å²) in [6.07, 6.45) is 6.29. The Kier molecular flexibility index (Phi) is 1.47. The number of hydrogen-bond donors (Lipinski definition) is 0. The summed E-state index contributed by atoms with van der Waals surface area (Å²) in [6, 6.07) is 0. The van der Waals surface area contributed by atoms with Crippen molar-refractivity contribution in [3.63, 3.8) is 0 Å². The molecule has 1 rings (SSSR count). The molecule has 0 bridgehead atoms. The van der Waals surface area contributed by atoms with Gasteiger partial charge in [0, 0.05) is 5.92 Å². The Hall–Kier alpha value is -0.590. The number of rotatable bonds is 0. The minimum atomic E-state index is -0.764. The molecule has 0 saturated heterocycles. The van der Waals surface area contributed by atoms with Gasteiger partial charge in [0.05, 0.1) is 0 Å². The highest BCUT2D eigenvalue weighted by Gasteiger charge is 2.10. The second-order valence-electron chi connectivity index (χ2n) is 2.07. The second kappa shape index (κ2) is 2.12. The van der Waals surface area contributed by atoms with Crippen molar-refractivity contribution in [2.45, 2.75) is 13.1 Å². The van der Waals surface area contributed by atoms with E-state index in [1.54, 1.807) is 12.2 Å². The first kappa shape index (κ1) is 5.54. The Morgan fingerprint density at radius 2 is 1.88 bits per heavy atom. The van der Waals surface area contributed by atoms with Crippen LogP contribution >= 0.6 is 0 Å². The van der Waals surface area contributed by atoms with Crippen LogP contribution < -0.4 is 0 Å². The predicted molar refractivity (Wildman–Crippen MR) is 32.3 cm³/mol. The normalized spacial score (nSPS) is 35.8. The van der Waals surface area contributed by atoms with Gasteiger partial charge in [0.25, 0.3) is 0 Å². The zero-order valence-electron chi connectivity index (χ0n) is 4.84. The van der Waals surface area contributed by atoms with Crippen LogP contribution in [0.5, 0.6) is 0 Å². The van der Waals surface area contributed by atoms with Gasteiger partial charge in [-0.05, 0) is 0 Å². The van der Waals surface area contributed by atoms with Crippen LogP contribution in [0.2, 0.25) is 0 Å². The van der Waals surface area contributed by atoms with Crippen LogP contribution in [0.3, 0.4) is 0 Å². The fourth-order valence-corrected chi connectivity index (χ4v) is 0.691. The molecule has 1 aliphatic rings. The molecule has 0 amide bonds. The third-order valence-corrected chi connectivity index (χ3v) is 1.32. The monoisotopic (exact) mass is 112 g/mol. The largest absolute Gasteiger partial charge is 0.242 e. The van der Waals surface area contributed by atoms with E-state index < -0.39 is 6.17 Å². The van der Waals surface area contributed by atoms with Crippen molar-refractivity contribution in [2.24, 2.45) is 5.92 Å². The van der Waals surface area contributed by atoms with Gasteiger partial charge in [-0.2, -0.15) is 0 Å². The van der Waals surface area contributed by atoms with E-state index >= 15 is 0 Å². The Morgan fingerprint density at radius 3 is 2.25 bits per heavy atom. The fourth-order valence-electron chi connectivity index (χ4n) is 0.691. The summed E-state index contributed by atoms with van der Waals surface area (Å²) >= 11 is 0. The summed E-state index contributed by atoms with van der Waals surface area (Å²) in [6.45, 7) is 1.87. The number of halogens is 1. The molecule has 0 fully saturated rings. The van der Waals surface area contributed by atoms with Crippen LogP contribution in [-0.2, 0) is 0 Å². The third-order valence-electron chi connectivity index (χ3n) is 1.32. The molecule has 0 aromatic heterocycles. The first-order chi connectivity index (χ1) is 3.80. The van der Waals surface area contributed by atoms with E-state index in [9.17, 15) is 4.39 Å². The molecular weight excluding hydrogens is 103 g/mol. The second-order valence-corrected chi connectivity index (χ2v) is 2.07. The summed E-state index contributed by atoms with van der Waals surface area (Å²) in [5, 5.41) is 0. The van der Waals surface area contributed by atoms with Gasteiger partial charge in [-0.1, -0.05) is 31.2 Å². The average molecular weight is 112 g/mol. The molecule has 8 heavy (non-hydrogen) atoms. The van der Waals surface area contributed by atoms with Gasteiger partial charge < -0.3 is 0 Å². The van der Waals surface area contributed by atoms with Gasteiger partial charge in [-0.15, -0.1) is 0 Å². The highest BCUT2D eigenvalue weighted by atomic mass is 19.1. The van der Waals surface area contributed by atoms with Crippen molar-refractivity contribution in [3.05, 3.63) is 24.3 Å². The standard InChI is InChI=1S/C7H9F/c1-6-4-2-3-5-7(6)8/h2-7H,1H3/t6-,7?/m0/s1. The molecule has 2 atom stereocenters. The van der Waals surface area contributed by atoms with Crippen molar-refractivity contribution in [1.82, 2.24) is 0 Å². The minimum Gasteiger partial charge on any atom is -0.242 e. The summed E-state index contributed by atoms with van der Waals surface area (Å²) in [5.74, 6) is 0.0694. The quantitative estimate of drug-likeness (QED) is 0.450. The lowest BCUT2D eigenvalue weighted by molar-refractivity contribution is 0.334. The Bertz CT molecular complexity index is 108. The van der Waals surface area contributed by atoms with Crippen LogP contribution in [0.4, 0.5) is 4.39 Å². The van der Waals surface area contributed by atoms with Gasteiger partial charge in [-0.3, -0.25) is 0 Å². The molecule has 1 aliphatic carbocycles. The van der Waals surface area contributed by atoms with E-state index in [0.717, 1.165) is 0 Å². The minimum absolute atomic E-state index is 0.0694. The lowest BCUT2D eigenvalue weighted by atomic mass is 10.0. The molecule has 0 N–H and O–H groups in total. The predicted octanol–water partition coefficient (Wildman–Crippen LogP) is 2.09. The van der Waals surface area contributed by atoms with E-state index in [2.05, 4.69) is 0 Å². The summed E-state index contributed by atoms with van der Waals surface area (Å²) in [4.78, 5) is 0. The first-order valence-corrected chi connectivity index (χ1v) is 2.80. The Balaban J connectivity index is 2.59. The van der Waals surface area contributed by atoms with Crippen molar-refractivity contribution in [2.75, 3.05) is 0 Å². The molecule has 0 heterocycles. The summed E-state index contributed by atoms with van der Waals surface area (Å²) in [5.41, 5.74) is 0. The maximum absolute atomic E-state index is 12.4. The molecule has 0 aromatic rings. The van der Waals surface area contributed by atoms with E-state index in [-0.39, 0.29) is 5.92 Å². The smallest absolute Gasteiger partial charge is 0.125 e.